The van der Waals surface area contributed by atoms with Gasteiger partial charge in [-0.3, -0.25) is 4.99 Å². The zero-order valence-electron chi connectivity index (χ0n) is 17.5. The SMILES string of the molecule is CN=C(NCc1ccc(S(=O)(=O)N(C)C)cc1)N(C)CCOc1ccc(Cl)cc1.I. The molecule has 0 aliphatic rings. The summed E-state index contributed by atoms with van der Waals surface area (Å²) in [4.78, 5) is 6.51. The molecular formula is C20H28ClIN4O3S. The normalized spacial score (nSPS) is 11.7. The van der Waals surface area contributed by atoms with Crippen molar-refractivity contribution in [3.05, 3.63) is 59.1 Å². The first kappa shape index (κ1) is 26.5. The van der Waals surface area contributed by atoms with Crippen molar-refractivity contribution < 1.29 is 13.2 Å². The average molecular weight is 567 g/mol. The maximum Gasteiger partial charge on any atom is 0.242 e. The van der Waals surface area contributed by atoms with Crippen molar-refractivity contribution in [2.75, 3.05) is 41.3 Å². The molecule has 0 aromatic heterocycles. The lowest BCUT2D eigenvalue weighted by molar-refractivity contribution is 0.281. The van der Waals surface area contributed by atoms with Gasteiger partial charge in [-0.25, -0.2) is 12.7 Å². The maximum atomic E-state index is 12.1. The second-order valence-corrected chi connectivity index (χ2v) is 9.14. The number of benzene rings is 2. The maximum absolute atomic E-state index is 12.1. The van der Waals surface area contributed by atoms with Gasteiger partial charge < -0.3 is 15.0 Å². The van der Waals surface area contributed by atoms with E-state index < -0.39 is 10.0 Å². The fourth-order valence-electron chi connectivity index (χ4n) is 2.49. The molecule has 7 nitrogen and oxygen atoms in total. The molecule has 166 valence electrons. The molecule has 0 fully saturated rings. The largest absolute Gasteiger partial charge is 0.492 e. The Balaban J connectivity index is 0.00000450. The second kappa shape index (κ2) is 12.3. The summed E-state index contributed by atoms with van der Waals surface area (Å²) in [6.45, 7) is 1.66. The van der Waals surface area contributed by atoms with Crippen LogP contribution in [0.15, 0.2) is 58.4 Å². The molecule has 0 amide bonds. The third kappa shape index (κ3) is 7.60. The first-order valence-electron chi connectivity index (χ1n) is 9.05. The van der Waals surface area contributed by atoms with E-state index >= 15 is 0 Å². The van der Waals surface area contributed by atoms with Gasteiger partial charge in [0.1, 0.15) is 12.4 Å². The minimum Gasteiger partial charge on any atom is -0.492 e. The van der Waals surface area contributed by atoms with Gasteiger partial charge in [-0.15, -0.1) is 24.0 Å². The van der Waals surface area contributed by atoms with Crippen molar-refractivity contribution in [2.45, 2.75) is 11.4 Å². The number of nitrogens with zero attached hydrogens (tertiary/aromatic N) is 3. The van der Waals surface area contributed by atoms with E-state index in [1.54, 1.807) is 43.4 Å². The minimum absolute atomic E-state index is 0. The molecule has 2 rings (SSSR count). The molecular weight excluding hydrogens is 539 g/mol. The Labute approximate surface area is 201 Å². The Bertz CT molecular complexity index is 920. The van der Waals surface area contributed by atoms with Crippen LogP contribution in [-0.2, 0) is 16.6 Å². The van der Waals surface area contributed by atoms with Crippen LogP contribution in [0.5, 0.6) is 5.75 Å². The first-order chi connectivity index (χ1) is 13.7. The van der Waals surface area contributed by atoms with Crippen LogP contribution in [0.2, 0.25) is 5.02 Å². The molecule has 10 heteroatoms. The van der Waals surface area contributed by atoms with Gasteiger partial charge >= 0.3 is 0 Å². The lowest BCUT2D eigenvalue weighted by atomic mass is 10.2. The van der Waals surface area contributed by atoms with Crippen LogP contribution >= 0.6 is 35.6 Å². The van der Waals surface area contributed by atoms with Crippen LogP contribution in [0.3, 0.4) is 0 Å². The number of aliphatic imine (C=N–C) groups is 1. The van der Waals surface area contributed by atoms with Crippen LogP contribution in [0.1, 0.15) is 5.56 Å². The molecule has 0 saturated carbocycles. The molecule has 30 heavy (non-hydrogen) atoms. The lowest BCUT2D eigenvalue weighted by Crippen LogP contribution is -2.40. The number of halogens is 2. The molecule has 0 heterocycles. The van der Waals surface area contributed by atoms with Crippen molar-refractivity contribution in [3.8, 4) is 5.75 Å². The van der Waals surface area contributed by atoms with Gasteiger partial charge in [0, 0.05) is 39.8 Å². The Morgan fingerprint density at radius 3 is 2.20 bits per heavy atom. The molecule has 2 aromatic rings. The van der Waals surface area contributed by atoms with Crippen LogP contribution < -0.4 is 10.1 Å². The highest BCUT2D eigenvalue weighted by Gasteiger charge is 2.16. The van der Waals surface area contributed by atoms with Crippen molar-refractivity contribution in [2.24, 2.45) is 4.99 Å². The van der Waals surface area contributed by atoms with Gasteiger partial charge in [-0.1, -0.05) is 23.7 Å². The molecule has 1 N–H and O–H groups in total. The number of likely N-dealkylation sites (N-methyl/N-ethyl adjacent to an activating group) is 1. The predicted molar refractivity (Wildman–Crippen MR) is 133 cm³/mol. The van der Waals surface area contributed by atoms with E-state index in [0.29, 0.717) is 24.7 Å². The van der Waals surface area contributed by atoms with Gasteiger partial charge in [0.15, 0.2) is 5.96 Å². The van der Waals surface area contributed by atoms with E-state index in [2.05, 4.69) is 10.3 Å². The average Bonchev–Trinajstić information content (AvgIpc) is 2.70. The van der Waals surface area contributed by atoms with Crippen molar-refractivity contribution in [3.63, 3.8) is 0 Å². The van der Waals surface area contributed by atoms with Crippen molar-refractivity contribution in [1.29, 1.82) is 0 Å². The van der Waals surface area contributed by atoms with E-state index in [4.69, 9.17) is 16.3 Å². The second-order valence-electron chi connectivity index (χ2n) is 6.56. The van der Waals surface area contributed by atoms with Gasteiger partial charge in [0.25, 0.3) is 0 Å². The third-order valence-corrected chi connectivity index (χ3v) is 6.32. The number of hydrogen-bond donors (Lipinski definition) is 1. The Morgan fingerprint density at radius 1 is 1.07 bits per heavy atom. The molecule has 0 aliphatic heterocycles. The highest BCUT2D eigenvalue weighted by molar-refractivity contribution is 14.0. The molecule has 0 bridgehead atoms. The topological polar surface area (TPSA) is 74.2 Å². The highest BCUT2D eigenvalue weighted by Crippen LogP contribution is 2.15. The Kier molecular flexibility index (Phi) is 10.9. The minimum atomic E-state index is -3.42. The van der Waals surface area contributed by atoms with Crippen LogP contribution in [0.25, 0.3) is 0 Å². The van der Waals surface area contributed by atoms with Gasteiger partial charge in [-0.05, 0) is 42.0 Å². The number of hydrogen-bond acceptors (Lipinski definition) is 4. The highest BCUT2D eigenvalue weighted by atomic mass is 127. The standard InChI is InChI=1S/C20H27ClN4O3S.HI/c1-22-20(25(4)13-14-28-18-9-7-17(21)8-10-18)23-15-16-5-11-19(12-6-16)29(26,27)24(2)3;/h5-12H,13-15H2,1-4H3,(H,22,23);1H. The summed E-state index contributed by atoms with van der Waals surface area (Å²) in [6, 6.07) is 14.0. The van der Waals surface area contributed by atoms with Crippen molar-refractivity contribution >= 4 is 51.6 Å². The molecule has 0 unspecified atom stereocenters. The fourth-order valence-corrected chi connectivity index (χ4v) is 3.52. The van der Waals surface area contributed by atoms with Crippen LogP contribution in [0, 0.1) is 0 Å². The summed E-state index contributed by atoms with van der Waals surface area (Å²) in [5.41, 5.74) is 0.953. The van der Waals surface area contributed by atoms with Crippen LogP contribution in [-0.4, -0.2) is 64.9 Å². The lowest BCUT2D eigenvalue weighted by Gasteiger charge is -2.22. The van der Waals surface area contributed by atoms with E-state index in [-0.39, 0.29) is 28.9 Å². The van der Waals surface area contributed by atoms with Crippen molar-refractivity contribution in [1.82, 2.24) is 14.5 Å². The summed E-state index contributed by atoms with van der Waals surface area (Å²) in [5.74, 6) is 1.48. The number of nitrogens with one attached hydrogen (secondary N) is 1. The summed E-state index contributed by atoms with van der Waals surface area (Å²) in [5, 5.41) is 3.94. The number of ether oxygens (including phenoxy) is 1. The number of rotatable bonds is 8. The monoisotopic (exact) mass is 566 g/mol. The first-order valence-corrected chi connectivity index (χ1v) is 10.9. The smallest absolute Gasteiger partial charge is 0.242 e. The quantitative estimate of drug-likeness (QED) is 0.302. The van der Waals surface area contributed by atoms with Gasteiger partial charge in [0.05, 0.1) is 11.4 Å². The molecule has 0 atom stereocenters. The van der Waals surface area contributed by atoms with Gasteiger partial charge in [-0.2, -0.15) is 0 Å². The molecule has 0 spiro atoms. The van der Waals surface area contributed by atoms with E-state index in [9.17, 15) is 8.42 Å². The van der Waals surface area contributed by atoms with E-state index in [1.165, 1.54) is 18.4 Å². The third-order valence-electron chi connectivity index (χ3n) is 4.23. The van der Waals surface area contributed by atoms with E-state index in [1.807, 2.05) is 24.1 Å². The molecule has 0 aliphatic carbocycles. The zero-order chi connectivity index (χ0) is 21.4. The zero-order valence-corrected chi connectivity index (χ0v) is 21.4. The Hall–Kier alpha value is -1.56. The number of guanidine groups is 1. The molecule has 0 saturated heterocycles. The summed E-state index contributed by atoms with van der Waals surface area (Å²) >= 11 is 5.87. The fraction of sp³-hybridized carbons (Fsp3) is 0.350. The van der Waals surface area contributed by atoms with E-state index in [0.717, 1.165) is 17.3 Å². The summed E-state index contributed by atoms with van der Waals surface area (Å²) < 4.78 is 31.2. The van der Waals surface area contributed by atoms with Gasteiger partial charge in [0.2, 0.25) is 10.0 Å². The summed E-state index contributed by atoms with van der Waals surface area (Å²) in [7, 11) is 3.25. The van der Waals surface area contributed by atoms with Crippen LogP contribution in [0.4, 0.5) is 0 Å². The molecule has 0 radical (unpaired) electrons. The predicted octanol–water partition coefficient (Wildman–Crippen LogP) is 3.29. The number of sulfonamides is 1. The summed E-state index contributed by atoms with van der Waals surface area (Å²) in [6.07, 6.45) is 0. The Morgan fingerprint density at radius 2 is 1.67 bits per heavy atom. The molecule has 2 aromatic carbocycles.